The summed E-state index contributed by atoms with van der Waals surface area (Å²) in [4.78, 5) is 13.6. The Hall–Kier alpha value is -1.48. The summed E-state index contributed by atoms with van der Waals surface area (Å²) in [6.07, 6.45) is 1.22. The standard InChI is InChI=1S/C16H23N3O4S/c1-18-8-10-19(11-9-18)24(21,22)14-6-4-13(5-7-14)17-16(20)15-3-2-12-23-15/h4-7,15H,2-3,8-12H2,1H3,(H,17,20)/p+1/t15-/m1/s1. The van der Waals surface area contributed by atoms with Gasteiger partial charge >= 0.3 is 0 Å². The molecule has 0 bridgehead atoms. The van der Waals surface area contributed by atoms with Crippen molar-refractivity contribution in [3.63, 3.8) is 0 Å². The van der Waals surface area contributed by atoms with Crippen molar-refractivity contribution in [2.75, 3.05) is 45.2 Å². The fraction of sp³-hybridized carbons (Fsp3) is 0.562. The molecule has 2 N–H and O–H groups in total. The number of hydrogen-bond donors (Lipinski definition) is 2. The van der Waals surface area contributed by atoms with E-state index in [9.17, 15) is 13.2 Å². The number of piperazine rings is 1. The summed E-state index contributed by atoms with van der Waals surface area (Å²) in [7, 11) is -1.40. The van der Waals surface area contributed by atoms with Crippen LogP contribution in [0.1, 0.15) is 12.8 Å². The highest BCUT2D eigenvalue weighted by Gasteiger charge is 2.29. The van der Waals surface area contributed by atoms with Gasteiger partial charge in [-0.1, -0.05) is 0 Å². The number of ether oxygens (including phenoxy) is 1. The van der Waals surface area contributed by atoms with Crippen molar-refractivity contribution < 1.29 is 22.8 Å². The van der Waals surface area contributed by atoms with E-state index in [0.29, 0.717) is 25.4 Å². The molecular formula is C16H24N3O4S+. The predicted octanol–water partition coefficient (Wildman–Crippen LogP) is -0.677. The van der Waals surface area contributed by atoms with Gasteiger partial charge in [0.05, 0.1) is 38.1 Å². The van der Waals surface area contributed by atoms with Gasteiger partial charge in [-0.15, -0.1) is 0 Å². The molecule has 1 aromatic carbocycles. The molecule has 0 saturated carbocycles. The van der Waals surface area contributed by atoms with Crippen molar-refractivity contribution in [1.82, 2.24) is 4.31 Å². The molecule has 0 radical (unpaired) electrons. The predicted molar refractivity (Wildman–Crippen MR) is 89.4 cm³/mol. The van der Waals surface area contributed by atoms with Gasteiger partial charge in [-0.05, 0) is 37.1 Å². The van der Waals surface area contributed by atoms with Crippen LogP contribution in [0.15, 0.2) is 29.2 Å². The number of nitrogens with one attached hydrogen (secondary N) is 2. The van der Waals surface area contributed by atoms with E-state index in [4.69, 9.17) is 4.74 Å². The molecule has 24 heavy (non-hydrogen) atoms. The normalized spacial score (nSPS) is 23.3. The van der Waals surface area contributed by atoms with Crippen LogP contribution in [0.5, 0.6) is 0 Å². The smallest absolute Gasteiger partial charge is 0.253 e. The molecule has 1 amide bonds. The van der Waals surface area contributed by atoms with Crippen LogP contribution < -0.4 is 10.2 Å². The molecule has 0 aromatic heterocycles. The Bertz CT molecular complexity index is 676. The molecule has 0 unspecified atom stereocenters. The Balaban J connectivity index is 1.66. The highest BCUT2D eigenvalue weighted by molar-refractivity contribution is 7.89. The SMILES string of the molecule is C[NH+]1CCN(S(=O)(=O)c2ccc(NC(=O)[C@H]3CCCO3)cc2)CC1. The van der Waals surface area contributed by atoms with Crippen LogP contribution in [-0.4, -0.2) is 64.6 Å². The number of benzene rings is 1. The van der Waals surface area contributed by atoms with Gasteiger partial charge in [-0.2, -0.15) is 4.31 Å². The van der Waals surface area contributed by atoms with Crippen molar-refractivity contribution in [3.8, 4) is 0 Å². The summed E-state index contributed by atoms with van der Waals surface area (Å²) < 4.78 is 32.2. The first-order chi connectivity index (χ1) is 11.5. The Morgan fingerprint density at radius 3 is 2.50 bits per heavy atom. The van der Waals surface area contributed by atoms with E-state index in [1.807, 2.05) is 0 Å². The van der Waals surface area contributed by atoms with Crippen molar-refractivity contribution >= 4 is 21.6 Å². The number of sulfonamides is 1. The zero-order valence-electron chi connectivity index (χ0n) is 13.8. The fourth-order valence-corrected chi connectivity index (χ4v) is 4.42. The second-order valence-corrected chi connectivity index (χ2v) is 8.31. The molecule has 1 atom stereocenters. The van der Waals surface area contributed by atoms with Crippen LogP contribution in [-0.2, 0) is 19.6 Å². The summed E-state index contributed by atoms with van der Waals surface area (Å²) in [5.41, 5.74) is 0.581. The quantitative estimate of drug-likeness (QED) is 0.751. The zero-order chi connectivity index (χ0) is 17.2. The van der Waals surface area contributed by atoms with E-state index in [0.717, 1.165) is 25.9 Å². The van der Waals surface area contributed by atoms with E-state index in [-0.39, 0.29) is 10.8 Å². The topological polar surface area (TPSA) is 80.2 Å². The molecule has 2 fully saturated rings. The molecule has 2 heterocycles. The third-order valence-corrected chi connectivity index (χ3v) is 6.47. The molecule has 2 aliphatic heterocycles. The third kappa shape index (κ3) is 3.77. The van der Waals surface area contributed by atoms with E-state index < -0.39 is 16.1 Å². The van der Waals surface area contributed by atoms with Crippen LogP contribution in [0.2, 0.25) is 0 Å². The van der Waals surface area contributed by atoms with Crippen molar-refractivity contribution in [1.29, 1.82) is 0 Å². The highest BCUT2D eigenvalue weighted by Crippen LogP contribution is 2.20. The number of carbonyl (C=O) groups is 1. The number of anilines is 1. The minimum atomic E-state index is -3.46. The number of nitrogens with zero attached hydrogens (tertiary/aromatic N) is 1. The maximum Gasteiger partial charge on any atom is 0.253 e. The summed E-state index contributed by atoms with van der Waals surface area (Å²) in [5, 5.41) is 2.77. The summed E-state index contributed by atoms with van der Waals surface area (Å²) >= 11 is 0. The zero-order valence-corrected chi connectivity index (χ0v) is 14.6. The van der Waals surface area contributed by atoms with Gasteiger partial charge in [0, 0.05) is 12.3 Å². The monoisotopic (exact) mass is 354 g/mol. The summed E-state index contributed by atoms with van der Waals surface area (Å²) in [6, 6.07) is 6.35. The van der Waals surface area contributed by atoms with Gasteiger partial charge in [0.15, 0.2) is 0 Å². The average molecular weight is 354 g/mol. The summed E-state index contributed by atoms with van der Waals surface area (Å²) in [5.74, 6) is -0.176. The molecule has 7 nitrogen and oxygen atoms in total. The second-order valence-electron chi connectivity index (χ2n) is 6.38. The van der Waals surface area contributed by atoms with Crippen molar-refractivity contribution in [3.05, 3.63) is 24.3 Å². The Morgan fingerprint density at radius 2 is 1.92 bits per heavy atom. The van der Waals surface area contributed by atoms with Crippen LogP contribution in [0.25, 0.3) is 0 Å². The first-order valence-electron chi connectivity index (χ1n) is 8.31. The summed E-state index contributed by atoms with van der Waals surface area (Å²) in [6.45, 7) is 3.31. The lowest BCUT2D eigenvalue weighted by atomic mass is 10.2. The largest absolute Gasteiger partial charge is 0.368 e. The van der Waals surface area contributed by atoms with Crippen molar-refractivity contribution in [2.24, 2.45) is 0 Å². The van der Waals surface area contributed by atoms with E-state index in [1.165, 1.54) is 9.21 Å². The highest BCUT2D eigenvalue weighted by atomic mass is 32.2. The lowest BCUT2D eigenvalue weighted by molar-refractivity contribution is -0.883. The minimum absolute atomic E-state index is 0.176. The first kappa shape index (κ1) is 17.3. The molecule has 2 aliphatic rings. The van der Waals surface area contributed by atoms with Gasteiger partial charge in [-0.3, -0.25) is 4.79 Å². The fourth-order valence-electron chi connectivity index (χ4n) is 2.97. The van der Waals surface area contributed by atoms with E-state index >= 15 is 0 Å². The molecule has 0 aliphatic carbocycles. The molecule has 8 heteroatoms. The van der Waals surface area contributed by atoms with Gasteiger partial charge in [0.1, 0.15) is 6.10 Å². The lowest BCUT2D eigenvalue weighted by Gasteiger charge is -2.29. The number of rotatable bonds is 4. The van der Waals surface area contributed by atoms with Gasteiger partial charge in [0.25, 0.3) is 5.91 Å². The van der Waals surface area contributed by atoms with E-state index in [2.05, 4.69) is 12.4 Å². The lowest BCUT2D eigenvalue weighted by Crippen LogP contribution is -3.12. The number of hydrogen-bond acceptors (Lipinski definition) is 4. The number of amides is 1. The van der Waals surface area contributed by atoms with Crippen molar-refractivity contribution in [2.45, 2.75) is 23.8 Å². The second kappa shape index (κ2) is 7.18. The van der Waals surface area contributed by atoms with Crippen LogP contribution >= 0.6 is 0 Å². The minimum Gasteiger partial charge on any atom is -0.368 e. The Labute approximate surface area is 142 Å². The molecule has 1 aromatic rings. The maximum absolute atomic E-state index is 12.6. The van der Waals surface area contributed by atoms with Gasteiger partial charge < -0.3 is 15.0 Å². The number of quaternary nitrogens is 1. The van der Waals surface area contributed by atoms with Gasteiger partial charge in [0.2, 0.25) is 10.0 Å². The molecule has 2 saturated heterocycles. The Kier molecular flexibility index (Phi) is 5.19. The number of carbonyl (C=O) groups excluding carboxylic acids is 1. The average Bonchev–Trinajstić information content (AvgIpc) is 3.10. The number of likely N-dealkylation sites (N-methyl/N-ethyl adjacent to an activating group) is 1. The molecule has 132 valence electrons. The van der Waals surface area contributed by atoms with Crippen LogP contribution in [0, 0.1) is 0 Å². The van der Waals surface area contributed by atoms with E-state index in [1.54, 1.807) is 24.3 Å². The molecule has 3 rings (SSSR count). The maximum atomic E-state index is 12.6. The van der Waals surface area contributed by atoms with Crippen LogP contribution in [0.3, 0.4) is 0 Å². The van der Waals surface area contributed by atoms with Gasteiger partial charge in [-0.25, -0.2) is 8.42 Å². The third-order valence-electron chi connectivity index (χ3n) is 4.56. The molecular weight excluding hydrogens is 330 g/mol. The first-order valence-corrected chi connectivity index (χ1v) is 9.75. The van der Waals surface area contributed by atoms with Crippen LogP contribution in [0.4, 0.5) is 5.69 Å². The Morgan fingerprint density at radius 1 is 1.25 bits per heavy atom. The molecule has 0 spiro atoms.